The molecule has 5 atom stereocenters. The van der Waals surface area contributed by atoms with Gasteiger partial charge in [-0.25, -0.2) is 8.78 Å². The first kappa shape index (κ1) is 22.3. The lowest BCUT2D eigenvalue weighted by Crippen LogP contribution is -2.25. The lowest BCUT2D eigenvalue weighted by atomic mass is 9.86. The molecule has 2 aliphatic rings. The molecule has 2 rings (SSSR count). The number of aliphatic hydroxyl groups is 1. The van der Waals surface area contributed by atoms with Crippen LogP contribution < -0.4 is 0 Å². The molecule has 0 bridgehead atoms. The molecule has 0 amide bonds. The van der Waals surface area contributed by atoms with Crippen LogP contribution in [0.5, 0.6) is 0 Å². The maximum Gasteiger partial charge on any atom is 0.303 e. The summed E-state index contributed by atoms with van der Waals surface area (Å²) in [7, 11) is 0. The van der Waals surface area contributed by atoms with Crippen molar-refractivity contribution in [1.29, 1.82) is 0 Å². The largest absolute Gasteiger partial charge is 0.481 e. The molecule has 0 spiro atoms. The smallest absolute Gasteiger partial charge is 0.303 e. The number of aliphatic carboxylic acids is 1. The predicted octanol–water partition coefficient (Wildman–Crippen LogP) is 4.81. The van der Waals surface area contributed by atoms with Crippen LogP contribution in [-0.4, -0.2) is 40.9 Å². The number of halogens is 2. The number of hydrogen-bond acceptors (Lipinski definition) is 3. The first-order valence-corrected chi connectivity index (χ1v) is 10.4. The van der Waals surface area contributed by atoms with Gasteiger partial charge in [0.1, 0.15) is 0 Å². The minimum atomic E-state index is -2.80. The summed E-state index contributed by atoms with van der Waals surface area (Å²) in [6, 6.07) is 0. The molecule has 1 heterocycles. The van der Waals surface area contributed by atoms with E-state index in [0.29, 0.717) is 25.9 Å². The number of allylic oxidation sites excluding steroid dienone is 1. The van der Waals surface area contributed by atoms with Gasteiger partial charge in [-0.3, -0.25) is 4.79 Å². The maximum atomic E-state index is 14.5. The molecular weight excluding hydrogens is 354 g/mol. The summed E-state index contributed by atoms with van der Waals surface area (Å²) in [6.07, 6.45) is 8.26. The minimum absolute atomic E-state index is 0.142. The highest BCUT2D eigenvalue weighted by Gasteiger charge is 2.55. The van der Waals surface area contributed by atoms with Gasteiger partial charge in [0.05, 0.1) is 12.2 Å². The van der Waals surface area contributed by atoms with Crippen LogP contribution in [0.3, 0.4) is 0 Å². The molecule has 0 aromatic carbocycles. The zero-order valence-corrected chi connectivity index (χ0v) is 16.3. The molecule has 1 aliphatic carbocycles. The normalized spacial score (nSPS) is 31.6. The van der Waals surface area contributed by atoms with Gasteiger partial charge in [-0.05, 0) is 43.9 Å². The Morgan fingerprint density at radius 2 is 2.07 bits per heavy atom. The molecule has 2 N–H and O–H groups in total. The second-order valence-corrected chi connectivity index (χ2v) is 8.20. The van der Waals surface area contributed by atoms with E-state index in [0.717, 1.165) is 32.1 Å². The van der Waals surface area contributed by atoms with E-state index >= 15 is 0 Å². The Labute approximate surface area is 161 Å². The fourth-order valence-corrected chi connectivity index (χ4v) is 4.42. The standard InChI is InChI=1S/C21H34F2O4/c1-2-3-4-7-16(24)10-12-18-17-11-9-15(6-5-8-20(25)26)14-27-19(17)13-21(18,22)23/h10,12,15-19,24H,2-9,11,13-14H2,1H3,(H,25,26)/b12-10+/t15-,16-,17+,18+,19-/m0/s1. The van der Waals surface area contributed by atoms with Gasteiger partial charge >= 0.3 is 5.97 Å². The number of carboxylic acid groups (broad SMARTS) is 1. The van der Waals surface area contributed by atoms with Crippen LogP contribution in [-0.2, 0) is 9.53 Å². The Hall–Kier alpha value is -1.01. The van der Waals surface area contributed by atoms with Crippen LogP contribution in [0.2, 0.25) is 0 Å². The zero-order valence-electron chi connectivity index (χ0n) is 16.3. The van der Waals surface area contributed by atoms with Crippen molar-refractivity contribution in [3.8, 4) is 0 Å². The average Bonchev–Trinajstić information content (AvgIpc) is 2.71. The number of carboxylic acids is 1. The third-order valence-electron chi connectivity index (χ3n) is 6.00. The van der Waals surface area contributed by atoms with Gasteiger partial charge in [0.25, 0.3) is 5.92 Å². The van der Waals surface area contributed by atoms with Crippen LogP contribution in [0.25, 0.3) is 0 Å². The number of ether oxygens (including phenoxy) is 1. The number of hydrogen-bond donors (Lipinski definition) is 2. The Morgan fingerprint density at radius 3 is 2.78 bits per heavy atom. The van der Waals surface area contributed by atoms with Gasteiger partial charge in [0.2, 0.25) is 0 Å². The Balaban J connectivity index is 1.91. The quantitative estimate of drug-likeness (QED) is 0.416. The molecule has 4 nitrogen and oxygen atoms in total. The van der Waals surface area contributed by atoms with Gasteiger partial charge in [-0.2, -0.15) is 0 Å². The summed E-state index contributed by atoms with van der Waals surface area (Å²) < 4.78 is 34.8. The number of aliphatic hydroxyl groups excluding tert-OH is 1. The molecule has 1 aliphatic heterocycles. The molecule has 0 unspecified atom stereocenters. The molecule has 27 heavy (non-hydrogen) atoms. The van der Waals surface area contributed by atoms with Gasteiger partial charge in [-0.1, -0.05) is 38.3 Å². The van der Waals surface area contributed by atoms with E-state index < -0.39 is 30.0 Å². The monoisotopic (exact) mass is 388 g/mol. The molecule has 0 aromatic heterocycles. The van der Waals surface area contributed by atoms with Crippen LogP contribution in [0.4, 0.5) is 8.78 Å². The van der Waals surface area contributed by atoms with Gasteiger partial charge in [0, 0.05) is 25.4 Å². The van der Waals surface area contributed by atoms with Crippen molar-refractivity contribution in [3.05, 3.63) is 12.2 Å². The van der Waals surface area contributed by atoms with Crippen molar-refractivity contribution in [2.75, 3.05) is 6.61 Å². The van der Waals surface area contributed by atoms with Crippen LogP contribution >= 0.6 is 0 Å². The third-order valence-corrected chi connectivity index (χ3v) is 6.00. The number of carbonyl (C=O) groups is 1. The molecule has 2 fully saturated rings. The van der Waals surface area contributed by atoms with Crippen molar-refractivity contribution in [2.45, 2.75) is 89.3 Å². The first-order chi connectivity index (χ1) is 12.8. The molecular formula is C21H34F2O4. The second-order valence-electron chi connectivity index (χ2n) is 8.20. The molecule has 0 aromatic rings. The Bertz CT molecular complexity index is 495. The number of unbranched alkanes of at least 4 members (excludes halogenated alkanes) is 2. The summed E-state index contributed by atoms with van der Waals surface area (Å²) in [4.78, 5) is 10.7. The molecule has 156 valence electrons. The number of fused-ring (bicyclic) bond motifs is 1. The van der Waals surface area contributed by atoms with E-state index in [2.05, 4.69) is 6.92 Å². The SMILES string of the molecule is CCCCC[C@H](O)/C=C/[C@@H]1[C@H]2CC[C@H](CCCC(=O)O)CO[C@H]2CC1(F)F. The van der Waals surface area contributed by atoms with Crippen molar-refractivity contribution in [1.82, 2.24) is 0 Å². The Kier molecular flexibility index (Phi) is 8.67. The second kappa shape index (κ2) is 10.5. The molecule has 0 radical (unpaired) electrons. The fourth-order valence-electron chi connectivity index (χ4n) is 4.42. The Morgan fingerprint density at radius 1 is 1.30 bits per heavy atom. The van der Waals surface area contributed by atoms with Crippen molar-refractivity contribution >= 4 is 5.97 Å². The summed E-state index contributed by atoms with van der Waals surface area (Å²) >= 11 is 0. The molecule has 1 saturated heterocycles. The van der Waals surface area contributed by atoms with E-state index in [-0.39, 0.29) is 24.7 Å². The zero-order chi connectivity index (χ0) is 19.9. The van der Waals surface area contributed by atoms with Crippen LogP contribution in [0.15, 0.2) is 12.2 Å². The van der Waals surface area contributed by atoms with Crippen molar-refractivity contribution < 1.29 is 28.5 Å². The number of rotatable bonds is 10. The summed E-state index contributed by atoms with van der Waals surface area (Å²) in [5.41, 5.74) is 0. The van der Waals surface area contributed by atoms with Crippen LogP contribution in [0, 0.1) is 17.8 Å². The van der Waals surface area contributed by atoms with Crippen molar-refractivity contribution in [3.63, 3.8) is 0 Å². The predicted molar refractivity (Wildman–Crippen MR) is 99.8 cm³/mol. The fraction of sp³-hybridized carbons (Fsp3) is 0.857. The van der Waals surface area contributed by atoms with Gasteiger partial charge < -0.3 is 14.9 Å². The molecule has 1 saturated carbocycles. The maximum absolute atomic E-state index is 14.5. The highest BCUT2D eigenvalue weighted by molar-refractivity contribution is 5.66. The minimum Gasteiger partial charge on any atom is -0.481 e. The van der Waals surface area contributed by atoms with E-state index in [1.807, 2.05) is 0 Å². The summed E-state index contributed by atoms with van der Waals surface area (Å²) in [5, 5.41) is 18.8. The lowest BCUT2D eigenvalue weighted by Gasteiger charge is -2.22. The highest BCUT2D eigenvalue weighted by atomic mass is 19.3. The first-order valence-electron chi connectivity index (χ1n) is 10.4. The van der Waals surface area contributed by atoms with E-state index in [1.165, 1.54) is 6.08 Å². The van der Waals surface area contributed by atoms with Gasteiger partial charge in [-0.15, -0.1) is 0 Å². The molecule has 6 heteroatoms. The van der Waals surface area contributed by atoms with E-state index in [9.17, 15) is 18.7 Å². The van der Waals surface area contributed by atoms with Crippen LogP contribution in [0.1, 0.15) is 71.1 Å². The highest BCUT2D eigenvalue weighted by Crippen LogP contribution is 2.50. The lowest BCUT2D eigenvalue weighted by molar-refractivity contribution is -0.137. The van der Waals surface area contributed by atoms with Gasteiger partial charge in [0.15, 0.2) is 0 Å². The van der Waals surface area contributed by atoms with Crippen molar-refractivity contribution in [2.24, 2.45) is 17.8 Å². The number of alkyl halides is 2. The average molecular weight is 388 g/mol. The van der Waals surface area contributed by atoms with E-state index in [4.69, 9.17) is 9.84 Å². The summed E-state index contributed by atoms with van der Waals surface area (Å²) in [6.45, 7) is 2.52. The van der Waals surface area contributed by atoms with E-state index in [1.54, 1.807) is 6.08 Å². The topological polar surface area (TPSA) is 66.8 Å². The summed E-state index contributed by atoms with van der Waals surface area (Å²) in [5.74, 6) is -4.48. The third kappa shape index (κ3) is 6.83.